The molecule has 0 radical (unpaired) electrons. The lowest BCUT2D eigenvalue weighted by Gasteiger charge is -2.02. The molecule has 0 aromatic carbocycles. The second-order valence-electron chi connectivity index (χ2n) is 2.61. The molecule has 0 saturated carbocycles. The molecule has 0 aliphatic heterocycles. The first-order chi connectivity index (χ1) is 5.93. The van der Waals surface area contributed by atoms with E-state index in [1.165, 1.54) is 0 Å². The fraction of sp³-hybridized carbons (Fsp3) is 0.556. The number of hydrogen-bond acceptors (Lipinski definition) is 3. The maximum Gasteiger partial charge on any atom is 0.117 e. The Morgan fingerprint density at radius 1 is 1.33 bits per heavy atom. The molecule has 0 fully saturated rings. The monoisotopic (exact) mass is 168 g/mol. The van der Waals surface area contributed by atoms with Gasteiger partial charge in [0.25, 0.3) is 0 Å². The summed E-state index contributed by atoms with van der Waals surface area (Å²) in [5, 5.41) is 6.50. The first-order valence-corrected chi connectivity index (χ1v) is 4.37. The van der Waals surface area contributed by atoms with Gasteiger partial charge < -0.3 is 15.1 Å². The van der Waals surface area contributed by atoms with Gasteiger partial charge in [0, 0.05) is 13.1 Å². The summed E-state index contributed by atoms with van der Waals surface area (Å²) in [6.45, 7) is 5.94. The molecule has 1 aromatic rings. The molecule has 0 unspecified atom stereocenters. The van der Waals surface area contributed by atoms with Gasteiger partial charge in [-0.15, -0.1) is 0 Å². The largest absolute Gasteiger partial charge is 0.468 e. The van der Waals surface area contributed by atoms with E-state index in [0.717, 1.165) is 31.9 Å². The number of hydrogen-bond donors (Lipinski definition) is 2. The van der Waals surface area contributed by atoms with Crippen LogP contribution in [0.15, 0.2) is 22.8 Å². The van der Waals surface area contributed by atoms with E-state index in [0.29, 0.717) is 0 Å². The zero-order valence-corrected chi connectivity index (χ0v) is 7.47. The molecule has 0 amide bonds. The predicted octanol–water partition coefficient (Wildman–Crippen LogP) is 0.979. The van der Waals surface area contributed by atoms with E-state index >= 15 is 0 Å². The SMILES string of the molecule is CCNCCNCc1ccco1. The van der Waals surface area contributed by atoms with Crippen molar-refractivity contribution in [3.8, 4) is 0 Å². The molecule has 0 bridgehead atoms. The zero-order valence-electron chi connectivity index (χ0n) is 7.47. The van der Waals surface area contributed by atoms with E-state index < -0.39 is 0 Å². The number of nitrogens with one attached hydrogen (secondary N) is 2. The van der Waals surface area contributed by atoms with Crippen LogP contribution in [0.5, 0.6) is 0 Å². The van der Waals surface area contributed by atoms with E-state index in [1.54, 1.807) is 6.26 Å². The lowest BCUT2D eigenvalue weighted by Crippen LogP contribution is -2.26. The van der Waals surface area contributed by atoms with Crippen LogP contribution in [0.1, 0.15) is 12.7 Å². The van der Waals surface area contributed by atoms with Gasteiger partial charge >= 0.3 is 0 Å². The predicted molar refractivity (Wildman–Crippen MR) is 49.0 cm³/mol. The third-order valence-corrected chi connectivity index (χ3v) is 1.61. The molecule has 0 atom stereocenters. The maximum atomic E-state index is 5.16. The van der Waals surface area contributed by atoms with Crippen molar-refractivity contribution in [1.82, 2.24) is 10.6 Å². The number of rotatable bonds is 6. The molecule has 3 nitrogen and oxygen atoms in total. The van der Waals surface area contributed by atoms with Crippen molar-refractivity contribution in [3.05, 3.63) is 24.2 Å². The van der Waals surface area contributed by atoms with Crippen LogP contribution >= 0.6 is 0 Å². The van der Waals surface area contributed by atoms with E-state index in [1.807, 2.05) is 12.1 Å². The topological polar surface area (TPSA) is 37.2 Å². The molecule has 1 heterocycles. The van der Waals surface area contributed by atoms with Gasteiger partial charge in [-0.05, 0) is 18.7 Å². The van der Waals surface area contributed by atoms with Gasteiger partial charge in [-0.25, -0.2) is 0 Å². The molecule has 0 aliphatic carbocycles. The second kappa shape index (κ2) is 5.80. The summed E-state index contributed by atoms with van der Waals surface area (Å²) in [4.78, 5) is 0. The Morgan fingerprint density at radius 3 is 2.83 bits per heavy atom. The van der Waals surface area contributed by atoms with Crippen LogP contribution in [0.3, 0.4) is 0 Å². The van der Waals surface area contributed by atoms with E-state index in [-0.39, 0.29) is 0 Å². The summed E-state index contributed by atoms with van der Waals surface area (Å²) in [6.07, 6.45) is 1.70. The highest BCUT2D eigenvalue weighted by atomic mass is 16.3. The molecule has 0 saturated heterocycles. The van der Waals surface area contributed by atoms with E-state index in [9.17, 15) is 0 Å². The van der Waals surface area contributed by atoms with Crippen LogP contribution < -0.4 is 10.6 Å². The van der Waals surface area contributed by atoms with Crippen molar-refractivity contribution < 1.29 is 4.42 Å². The fourth-order valence-electron chi connectivity index (χ4n) is 0.978. The minimum Gasteiger partial charge on any atom is -0.468 e. The highest BCUT2D eigenvalue weighted by Crippen LogP contribution is 1.97. The van der Waals surface area contributed by atoms with Gasteiger partial charge in [-0.1, -0.05) is 6.92 Å². The van der Waals surface area contributed by atoms with Crippen LogP contribution in [0.2, 0.25) is 0 Å². The average Bonchev–Trinajstić information content (AvgIpc) is 2.57. The minimum absolute atomic E-state index is 0.818. The molecule has 1 rings (SSSR count). The lowest BCUT2D eigenvalue weighted by atomic mass is 10.4. The van der Waals surface area contributed by atoms with Crippen molar-refractivity contribution in [2.45, 2.75) is 13.5 Å². The summed E-state index contributed by atoms with van der Waals surface area (Å²) in [6, 6.07) is 3.88. The van der Waals surface area contributed by atoms with E-state index in [4.69, 9.17) is 4.42 Å². The second-order valence-corrected chi connectivity index (χ2v) is 2.61. The van der Waals surface area contributed by atoms with Crippen molar-refractivity contribution in [1.29, 1.82) is 0 Å². The Balaban J connectivity index is 1.96. The average molecular weight is 168 g/mol. The number of likely N-dealkylation sites (N-methyl/N-ethyl adjacent to an activating group) is 1. The molecule has 0 spiro atoms. The Morgan fingerprint density at radius 2 is 2.17 bits per heavy atom. The first kappa shape index (κ1) is 9.29. The van der Waals surface area contributed by atoms with Gasteiger partial charge in [0.2, 0.25) is 0 Å². The minimum atomic E-state index is 0.818. The van der Waals surface area contributed by atoms with Crippen molar-refractivity contribution in [2.24, 2.45) is 0 Å². The Kier molecular flexibility index (Phi) is 4.49. The smallest absolute Gasteiger partial charge is 0.117 e. The third kappa shape index (κ3) is 3.55. The highest BCUT2D eigenvalue weighted by Gasteiger charge is 1.92. The van der Waals surface area contributed by atoms with Crippen LogP contribution in [-0.4, -0.2) is 19.6 Å². The lowest BCUT2D eigenvalue weighted by molar-refractivity contribution is 0.481. The summed E-state index contributed by atoms with van der Waals surface area (Å²) in [5.41, 5.74) is 0. The first-order valence-electron chi connectivity index (χ1n) is 4.37. The molecular formula is C9H16N2O. The van der Waals surface area contributed by atoms with Crippen molar-refractivity contribution >= 4 is 0 Å². The van der Waals surface area contributed by atoms with Crippen LogP contribution in [0.25, 0.3) is 0 Å². The molecule has 3 heteroatoms. The Labute approximate surface area is 73.2 Å². The van der Waals surface area contributed by atoms with Gasteiger partial charge in [-0.3, -0.25) is 0 Å². The van der Waals surface area contributed by atoms with Crippen molar-refractivity contribution in [3.63, 3.8) is 0 Å². The molecule has 1 aromatic heterocycles. The Bertz CT molecular complexity index is 184. The standard InChI is InChI=1S/C9H16N2O/c1-2-10-5-6-11-8-9-4-3-7-12-9/h3-4,7,10-11H,2,5-6,8H2,1H3. The van der Waals surface area contributed by atoms with Gasteiger partial charge in [0.1, 0.15) is 5.76 Å². The molecule has 68 valence electrons. The van der Waals surface area contributed by atoms with Gasteiger partial charge in [-0.2, -0.15) is 0 Å². The van der Waals surface area contributed by atoms with Gasteiger partial charge in [0.05, 0.1) is 12.8 Å². The normalized spacial score (nSPS) is 10.4. The molecule has 2 N–H and O–H groups in total. The van der Waals surface area contributed by atoms with Crippen LogP contribution in [-0.2, 0) is 6.54 Å². The fourth-order valence-corrected chi connectivity index (χ4v) is 0.978. The molecule has 12 heavy (non-hydrogen) atoms. The van der Waals surface area contributed by atoms with Crippen molar-refractivity contribution in [2.75, 3.05) is 19.6 Å². The van der Waals surface area contributed by atoms with Crippen LogP contribution in [0.4, 0.5) is 0 Å². The molecule has 0 aliphatic rings. The number of furan rings is 1. The zero-order chi connectivity index (χ0) is 8.65. The third-order valence-electron chi connectivity index (χ3n) is 1.61. The quantitative estimate of drug-likeness (QED) is 0.622. The summed E-state index contributed by atoms with van der Waals surface area (Å²) in [7, 11) is 0. The van der Waals surface area contributed by atoms with Crippen LogP contribution in [0, 0.1) is 0 Å². The van der Waals surface area contributed by atoms with E-state index in [2.05, 4.69) is 17.6 Å². The summed E-state index contributed by atoms with van der Waals surface area (Å²) in [5.74, 6) is 0.992. The van der Waals surface area contributed by atoms with Gasteiger partial charge in [0.15, 0.2) is 0 Å². The maximum absolute atomic E-state index is 5.16. The summed E-state index contributed by atoms with van der Waals surface area (Å²) < 4.78 is 5.16. The molecular weight excluding hydrogens is 152 g/mol. The highest BCUT2D eigenvalue weighted by molar-refractivity contribution is 4.97. The summed E-state index contributed by atoms with van der Waals surface area (Å²) >= 11 is 0. The Hall–Kier alpha value is -0.800.